The minimum Gasteiger partial charge on any atom is -0.497 e. The zero-order valence-electron chi connectivity index (χ0n) is 19.5. The molecule has 0 amide bonds. The third-order valence-corrected chi connectivity index (χ3v) is 8.82. The number of methoxy groups -OCH3 is 1. The first-order chi connectivity index (χ1) is 15.4. The monoisotopic (exact) mass is 440 g/mol. The van der Waals surface area contributed by atoms with Crippen LogP contribution in [0.3, 0.4) is 0 Å². The van der Waals surface area contributed by atoms with Gasteiger partial charge >= 0.3 is 5.97 Å². The normalized spacial score (nSPS) is 37.4. The van der Waals surface area contributed by atoms with Crippen LogP contribution in [-0.4, -0.2) is 68.0 Å². The van der Waals surface area contributed by atoms with E-state index in [0.717, 1.165) is 51.2 Å². The number of ether oxygens (including phenoxy) is 2. The second-order valence-corrected chi connectivity index (χ2v) is 10.3. The number of piperazine rings is 1. The number of aliphatic hydroxyl groups excluding tert-OH is 1. The van der Waals surface area contributed by atoms with Crippen molar-refractivity contribution in [1.29, 1.82) is 0 Å². The number of hydrogen-bond donors (Lipinski definition) is 1. The standard InChI is InChI=1S/C26H36N2O4/c1-17-6-4-7-18-14-22-23(24(29)26(17,18)2)21(25(30)32-22)16-27-10-12-28(13-11-27)19-8-5-9-20(15-19)31-3/h5,7-9,15,17,21-24,29H,4,6,10-14,16H2,1-3H3/t17-,21+,22+,23+,24+,26+/m0/s1. The quantitative estimate of drug-likeness (QED) is 0.574. The van der Waals surface area contributed by atoms with Gasteiger partial charge in [-0.05, 0) is 30.9 Å². The van der Waals surface area contributed by atoms with E-state index in [9.17, 15) is 9.90 Å². The minimum absolute atomic E-state index is 0.110. The molecular formula is C26H36N2O4. The predicted molar refractivity (Wildman–Crippen MR) is 124 cm³/mol. The van der Waals surface area contributed by atoms with Crippen LogP contribution < -0.4 is 9.64 Å². The fourth-order valence-electron chi connectivity index (χ4n) is 6.55. The lowest BCUT2D eigenvalue weighted by Crippen LogP contribution is -2.55. The number of rotatable bonds is 4. The van der Waals surface area contributed by atoms with Gasteiger partial charge in [0.25, 0.3) is 0 Å². The number of aliphatic hydroxyl groups is 1. The second kappa shape index (κ2) is 8.38. The third-order valence-electron chi connectivity index (χ3n) is 8.82. The van der Waals surface area contributed by atoms with Gasteiger partial charge in [0.15, 0.2) is 0 Å². The Morgan fingerprint density at radius 1 is 1.25 bits per heavy atom. The van der Waals surface area contributed by atoms with Gasteiger partial charge in [0.05, 0.1) is 19.1 Å². The van der Waals surface area contributed by atoms with Crippen LogP contribution in [0.15, 0.2) is 35.9 Å². The van der Waals surface area contributed by atoms with E-state index < -0.39 is 6.10 Å². The van der Waals surface area contributed by atoms with E-state index in [1.165, 1.54) is 11.3 Å². The lowest BCUT2D eigenvalue weighted by molar-refractivity contribution is -0.145. The van der Waals surface area contributed by atoms with Crippen LogP contribution in [-0.2, 0) is 9.53 Å². The van der Waals surface area contributed by atoms with Gasteiger partial charge in [0.2, 0.25) is 0 Å². The van der Waals surface area contributed by atoms with Crippen molar-refractivity contribution in [3.8, 4) is 5.75 Å². The van der Waals surface area contributed by atoms with Crippen LogP contribution in [0.25, 0.3) is 0 Å². The maximum atomic E-state index is 12.9. The van der Waals surface area contributed by atoms with Gasteiger partial charge in [-0.25, -0.2) is 0 Å². The average Bonchev–Trinajstić information content (AvgIpc) is 3.11. The Morgan fingerprint density at radius 2 is 2.03 bits per heavy atom. The fraction of sp³-hybridized carbons (Fsp3) is 0.654. The maximum absolute atomic E-state index is 12.9. The van der Waals surface area contributed by atoms with Crippen molar-refractivity contribution < 1.29 is 19.4 Å². The first-order valence-electron chi connectivity index (χ1n) is 12.1. The fourth-order valence-corrected chi connectivity index (χ4v) is 6.55. The second-order valence-electron chi connectivity index (χ2n) is 10.3. The number of anilines is 1. The van der Waals surface area contributed by atoms with Gasteiger partial charge in [-0.3, -0.25) is 9.69 Å². The molecule has 2 aliphatic heterocycles. The Bertz CT molecular complexity index is 894. The molecular weight excluding hydrogens is 404 g/mol. The first kappa shape index (κ1) is 21.8. The van der Waals surface area contributed by atoms with E-state index in [2.05, 4.69) is 41.9 Å². The summed E-state index contributed by atoms with van der Waals surface area (Å²) in [5.74, 6) is 0.813. The Balaban J connectivity index is 1.26. The largest absolute Gasteiger partial charge is 0.497 e. The highest BCUT2D eigenvalue weighted by atomic mass is 16.6. The highest BCUT2D eigenvalue weighted by Gasteiger charge is 2.59. The maximum Gasteiger partial charge on any atom is 0.311 e. The molecule has 2 aliphatic carbocycles. The molecule has 1 N–H and O–H groups in total. The Morgan fingerprint density at radius 3 is 2.78 bits per heavy atom. The molecule has 0 radical (unpaired) electrons. The molecule has 5 rings (SSSR count). The molecule has 0 unspecified atom stereocenters. The van der Waals surface area contributed by atoms with Crippen LogP contribution in [0.5, 0.6) is 5.75 Å². The predicted octanol–water partition coefficient (Wildman–Crippen LogP) is 3.10. The van der Waals surface area contributed by atoms with Crippen molar-refractivity contribution in [2.75, 3.05) is 44.7 Å². The summed E-state index contributed by atoms with van der Waals surface area (Å²) in [5, 5.41) is 11.6. The van der Waals surface area contributed by atoms with Crippen molar-refractivity contribution >= 4 is 11.7 Å². The number of hydrogen-bond acceptors (Lipinski definition) is 6. The van der Waals surface area contributed by atoms with E-state index >= 15 is 0 Å². The number of carbonyl (C=O) groups is 1. The summed E-state index contributed by atoms with van der Waals surface area (Å²) in [7, 11) is 1.69. The van der Waals surface area contributed by atoms with E-state index in [0.29, 0.717) is 12.5 Å². The van der Waals surface area contributed by atoms with E-state index in [1.807, 2.05) is 12.1 Å². The number of nitrogens with zero attached hydrogens (tertiary/aromatic N) is 2. The molecule has 2 heterocycles. The summed E-state index contributed by atoms with van der Waals surface area (Å²) in [6.07, 6.45) is 4.53. The number of fused-ring (bicyclic) bond motifs is 2. The minimum atomic E-state index is -0.530. The molecule has 4 aliphatic rings. The number of carbonyl (C=O) groups excluding carboxylic acids is 1. The zero-order chi connectivity index (χ0) is 22.5. The molecule has 0 aromatic heterocycles. The van der Waals surface area contributed by atoms with Gasteiger partial charge in [-0.15, -0.1) is 0 Å². The summed E-state index contributed by atoms with van der Waals surface area (Å²) < 4.78 is 11.2. The van der Waals surface area contributed by atoms with Crippen molar-refractivity contribution in [2.24, 2.45) is 23.2 Å². The summed E-state index contributed by atoms with van der Waals surface area (Å²) in [5.41, 5.74) is 2.23. The molecule has 174 valence electrons. The molecule has 0 bridgehead atoms. The molecule has 6 atom stereocenters. The van der Waals surface area contributed by atoms with E-state index in [4.69, 9.17) is 9.47 Å². The van der Waals surface area contributed by atoms with Gasteiger partial charge in [-0.1, -0.05) is 31.6 Å². The van der Waals surface area contributed by atoms with Crippen LogP contribution in [0.4, 0.5) is 5.69 Å². The van der Waals surface area contributed by atoms with Gasteiger partial charge in [0, 0.05) is 62.2 Å². The van der Waals surface area contributed by atoms with Crippen LogP contribution in [0.2, 0.25) is 0 Å². The van der Waals surface area contributed by atoms with Gasteiger partial charge in [0.1, 0.15) is 11.9 Å². The SMILES string of the molecule is COc1cccc(N2CCN(C[C@H]3C(=O)O[C@@H]4CC5=CCC[C@H](C)[C@@]5(C)[C@H](O)[C@@H]43)CC2)c1. The van der Waals surface area contributed by atoms with E-state index in [1.54, 1.807) is 7.11 Å². The van der Waals surface area contributed by atoms with Crippen molar-refractivity contribution in [2.45, 2.75) is 45.3 Å². The van der Waals surface area contributed by atoms with Crippen molar-refractivity contribution in [1.82, 2.24) is 4.90 Å². The topological polar surface area (TPSA) is 62.2 Å². The molecule has 3 fully saturated rings. The molecule has 6 heteroatoms. The van der Waals surface area contributed by atoms with Crippen molar-refractivity contribution in [3.63, 3.8) is 0 Å². The van der Waals surface area contributed by atoms with E-state index in [-0.39, 0.29) is 29.3 Å². The number of esters is 1. The van der Waals surface area contributed by atoms with Crippen LogP contribution in [0, 0.1) is 23.2 Å². The lowest BCUT2D eigenvalue weighted by Gasteiger charge is -2.52. The molecule has 1 aromatic rings. The molecule has 0 spiro atoms. The zero-order valence-corrected chi connectivity index (χ0v) is 19.5. The molecule has 6 nitrogen and oxygen atoms in total. The van der Waals surface area contributed by atoms with Crippen LogP contribution >= 0.6 is 0 Å². The van der Waals surface area contributed by atoms with Crippen molar-refractivity contribution in [3.05, 3.63) is 35.9 Å². The van der Waals surface area contributed by atoms with Gasteiger partial charge < -0.3 is 19.5 Å². The van der Waals surface area contributed by atoms with Crippen LogP contribution in [0.1, 0.15) is 33.1 Å². The molecule has 2 saturated heterocycles. The Labute approximate surface area is 191 Å². The number of allylic oxidation sites excluding steroid dienone is 1. The smallest absolute Gasteiger partial charge is 0.311 e. The lowest BCUT2D eigenvalue weighted by atomic mass is 9.55. The summed E-state index contributed by atoms with van der Waals surface area (Å²) in [6, 6.07) is 8.18. The number of benzene rings is 1. The highest BCUT2D eigenvalue weighted by molar-refractivity contribution is 5.76. The summed E-state index contributed by atoms with van der Waals surface area (Å²) in [4.78, 5) is 17.6. The molecule has 1 aromatic carbocycles. The summed E-state index contributed by atoms with van der Waals surface area (Å²) >= 11 is 0. The Kier molecular flexibility index (Phi) is 5.70. The molecule has 1 saturated carbocycles. The van der Waals surface area contributed by atoms with Gasteiger partial charge in [-0.2, -0.15) is 0 Å². The average molecular weight is 441 g/mol. The summed E-state index contributed by atoms with van der Waals surface area (Å²) in [6.45, 7) is 8.74. The first-order valence-corrected chi connectivity index (χ1v) is 12.1. The highest BCUT2D eigenvalue weighted by Crippen LogP contribution is 2.56. The Hall–Kier alpha value is -2.05. The third kappa shape index (κ3) is 3.52. The molecule has 32 heavy (non-hydrogen) atoms.